The molecule has 128 valence electrons. The van der Waals surface area contributed by atoms with Crippen molar-refractivity contribution < 1.29 is 18.3 Å². The van der Waals surface area contributed by atoms with Crippen molar-refractivity contribution in [2.45, 2.75) is 13.0 Å². The third-order valence-corrected chi connectivity index (χ3v) is 3.81. The van der Waals surface area contributed by atoms with Crippen molar-refractivity contribution >= 4 is 30.1 Å². The summed E-state index contributed by atoms with van der Waals surface area (Å²) in [5.74, 6) is -0.0204. The predicted octanol–water partition coefficient (Wildman–Crippen LogP) is 4.69. The van der Waals surface area contributed by atoms with Crippen LogP contribution in [0.25, 0.3) is 0 Å². The Morgan fingerprint density at radius 1 is 1.17 bits per heavy atom. The summed E-state index contributed by atoms with van der Waals surface area (Å²) < 4.78 is 32.4. The van der Waals surface area contributed by atoms with E-state index in [0.717, 1.165) is 6.07 Å². The molecule has 0 saturated heterocycles. The number of rotatable bonds is 6. The van der Waals surface area contributed by atoms with Crippen LogP contribution in [0, 0.1) is 11.6 Å². The van der Waals surface area contributed by atoms with Gasteiger partial charge in [0, 0.05) is 25.6 Å². The van der Waals surface area contributed by atoms with Crippen LogP contribution in [0.4, 0.5) is 8.78 Å². The molecule has 0 aliphatic heterocycles. The standard InChI is InChI=1S/C17H16ClF2NO2S/c1-21(17(22)6-7-24)10-11-8-12(19)2-4-15(11)23-16-5-3-13(20)9-14(16)18/h2-5,8-9,24H,6-7,10H2,1H3. The summed E-state index contributed by atoms with van der Waals surface area (Å²) in [6.45, 7) is 0.165. The summed E-state index contributed by atoms with van der Waals surface area (Å²) in [5.41, 5.74) is 0.477. The first kappa shape index (κ1) is 18.5. The largest absolute Gasteiger partial charge is 0.455 e. The summed E-state index contributed by atoms with van der Waals surface area (Å²) >= 11 is 9.97. The molecule has 2 aromatic carbocycles. The maximum Gasteiger partial charge on any atom is 0.223 e. The highest BCUT2D eigenvalue weighted by Gasteiger charge is 2.14. The van der Waals surface area contributed by atoms with Gasteiger partial charge < -0.3 is 9.64 Å². The van der Waals surface area contributed by atoms with Crippen LogP contribution < -0.4 is 4.74 Å². The molecule has 7 heteroatoms. The van der Waals surface area contributed by atoms with Gasteiger partial charge >= 0.3 is 0 Å². The monoisotopic (exact) mass is 371 g/mol. The number of nitrogens with zero attached hydrogens (tertiary/aromatic N) is 1. The second-order valence-corrected chi connectivity index (χ2v) is 6.01. The Bertz CT molecular complexity index is 743. The van der Waals surface area contributed by atoms with Crippen molar-refractivity contribution in [3.63, 3.8) is 0 Å². The minimum atomic E-state index is -0.483. The van der Waals surface area contributed by atoms with Crippen molar-refractivity contribution in [1.82, 2.24) is 4.90 Å². The van der Waals surface area contributed by atoms with Gasteiger partial charge in [0.2, 0.25) is 5.91 Å². The van der Waals surface area contributed by atoms with Gasteiger partial charge in [0.05, 0.1) is 5.02 Å². The fraction of sp³-hybridized carbons (Fsp3) is 0.235. The van der Waals surface area contributed by atoms with Gasteiger partial charge in [-0.3, -0.25) is 4.79 Å². The second kappa shape index (κ2) is 8.35. The normalized spacial score (nSPS) is 10.5. The zero-order chi connectivity index (χ0) is 17.7. The maximum atomic E-state index is 13.6. The number of halogens is 3. The smallest absolute Gasteiger partial charge is 0.223 e. The molecule has 0 bridgehead atoms. The van der Waals surface area contributed by atoms with Crippen LogP contribution in [-0.4, -0.2) is 23.6 Å². The molecule has 0 fully saturated rings. The maximum absolute atomic E-state index is 13.6. The van der Waals surface area contributed by atoms with Crippen molar-refractivity contribution in [3.05, 3.63) is 58.6 Å². The number of hydrogen-bond acceptors (Lipinski definition) is 3. The molecule has 0 heterocycles. The predicted molar refractivity (Wildman–Crippen MR) is 92.8 cm³/mol. The van der Waals surface area contributed by atoms with Gasteiger partial charge in [0.25, 0.3) is 0 Å². The molecule has 0 saturated carbocycles. The van der Waals surface area contributed by atoms with E-state index in [9.17, 15) is 13.6 Å². The lowest BCUT2D eigenvalue weighted by Gasteiger charge is -2.19. The van der Waals surface area contributed by atoms with Crippen LogP contribution >= 0.6 is 24.2 Å². The molecule has 0 atom stereocenters. The van der Waals surface area contributed by atoms with E-state index < -0.39 is 11.6 Å². The van der Waals surface area contributed by atoms with Gasteiger partial charge in [0.1, 0.15) is 23.1 Å². The van der Waals surface area contributed by atoms with Crippen LogP contribution in [0.2, 0.25) is 5.02 Å². The first-order chi connectivity index (χ1) is 11.4. The molecule has 2 rings (SSSR count). The number of carbonyl (C=O) groups is 1. The van der Waals surface area contributed by atoms with Crippen molar-refractivity contribution in [2.24, 2.45) is 0 Å². The number of benzene rings is 2. The average Bonchev–Trinajstić information content (AvgIpc) is 2.52. The van der Waals surface area contributed by atoms with Crippen molar-refractivity contribution in [2.75, 3.05) is 12.8 Å². The lowest BCUT2D eigenvalue weighted by Crippen LogP contribution is -2.26. The van der Waals surface area contributed by atoms with Gasteiger partial charge in [-0.2, -0.15) is 12.6 Å². The van der Waals surface area contributed by atoms with Gasteiger partial charge in [-0.15, -0.1) is 0 Å². The summed E-state index contributed by atoms with van der Waals surface area (Å²) in [4.78, 5) is 13.3. The molecule has 0 aliphatic rings. The molecular formula is C17H16ClF2NO2S. The summed E-state index contributed by atoms with van der Waals surface area (Å²) in [6.07, 6.45) is 0.287. The number of thiol groups is 1. The Kier molecular flexibility index (Phi) is 6.45. The van der Waals surface area contributed by atoms with E-state index in [4.69, 9.17) is 16.3 Å². The fourth-order valence-electron chi connectivity index (χ4n) is 2.08. The first-order valence-corrected chi connectivity index (χ1v) is 8.18. The van der Waals surface area contributed by atoms with Gasteiger partial charge in [-0.1, -0.05) is 11.6 Å². The quantitative estimate of drug-likeness (QED) is 0.746. The highest BCUT2D eigenvalue weighted by atomic mass is 35.5. The molecule has 0 spiro atoms. The molecule has 0 unspecified atom stereocenters. The molecule has 3 nitrogen and oxygen atoms in total. The summed E-state index contributed by atoms with van der Waals surface area (Å²) in [7, 11) is 1.62. The lowest BCUT2D eigenvalue weighted by molar-refractivity contribution is -0.129. The molecule has 24 heavy (non-hydrogen) atoms. The van der Waals surface area contributed by atoms with Gasteiger partial charge in [-0.25, -0.2) is 8.78 Å². The van der Waals surface area contributed by atoms with Crippen molar-refractivity contribution in [1.29, 1.82) is 0 Å². The van der Waals surface area contributed by atoms with E-state index >= 15 is 0 Å². The van der Waals surface area contributed by atoms with E-state index in [1.807, 2.05) is 0 Å². The molecule has 0 radical (unpaired) electrons. The van der Waals surface area contributed by atoms with Gasteiger partial charge in [-0.05, 0) is 42.2 Å². The summed E-state index contributed by atoms with van der Waals surface area (Å²) in [6, 6.07) is 7.71. The van der Waals surface area contributed by atoms with Crippen LogP contribution in [-0.2, 0) is 11.3 Å². The Balaban J connectivity index is 2.25. The number of carbonyl (C=O) groups excluding carboxylic acids is 1. The molecular weight excluding hydrogens is 356 g/mol. The van der Waals surface area contributed by atoms with Crippen LogP contribution in [0.3, 0.4) is 0 Å². The first-order valence-electron chi connectivity index (χ1n) is 7.17. The highest BCUT2D eigenvalue weighted by molar-refractivity contribution is 7.80. The third kappa shape index (κ3) is 4.85. The minimum absolute atomic E-state index is 0.102. The lowest BCUT2D eigenvalue weighted by atomic mass is 10.1. The molecule has 0 aliphatic carbocycles. The molecule has 0 N–H and O–H groups in total. The number of amides is 1. The molecule has 1 amide bonds. The fourth-order valence-corrected chi connectivity index (χ4v) is 2.47. The Morgan fingerprint density at radius 3 is 2.42 bits per heavy atom. The Hall–Kier alpha value is -1.79. The van der Waals surface area contributed by atoms with E-state index in [1.54, 1.807) is 7.05 Å². The minimum Gasteiger partial charge on any atom is -0.455 e. The number of hydrogen-bond donors (Lipinski definition) is 1. The van der Waals surface area contributed by atoms with Crippen molar-refractivity contribution in [3.8, 4) is 11.5 Å². The zero-order valence-electron chi connectivity index (χ0n) is 12.9. The highest BCUT2D eigenvalue weighted by Crippen LogP contribution is 2.32. The van der Waals surface area contributed by atoms with E-state index in [-0.39, 0.29) is 29.6 Å². The Labute approximate surface area is 149 Å². The van der Waals surface area contributed by atoms with Crippen LogP contribution in [0.15, 0.2) is 36.4 Å². The second-order valence-electron chi connectivity index (χ2n) is 5.15. The van der Waals surface area contributed by atoms with E-state index in [1.165, 1.54) is 35.2 Å². The van der Waals surface area contributed by atoms with Crippen LogP contribution in [0.1, 0.15) is 12.0 Å². The zero-order valence-corrected chi connectivity index (χ0v) is 14.6. The topological polar surface area (TPSA) is 29.5 Å². The van der Waals surface area contributed by atoms with E-state index in [2.05, 4.69) is 12.6 Å². The molecule has 0 aromatic heterocycles. The third-order valence-electron chi connectivity index (χ3n) is 3.30. The average molecular weight is 372 g/mol. The van der Waals surface area contributed by atoms with Crippen LogP contribution in [0.5, 0.6) is 11.5 Å². The Morgan fingerprint density at radius 2 is 1.79 bits per heavy atom. The van der Waals surface area contributed by atoms with Gasteiger partial charge in [0.15, 0.2) is 0 Å². The van der Waals surface area contributed by atoms with E-state index in [0.29, 0.717) is 17.1 Å². The summed E-state index contributed by atoms with van der Waals surface area (Å²) in [5, 5.41) is 0.102. The number of ether oxygens (including phenoxy) is 1. The SMILES string of the molecule is CN(Cc1cc(F)ccc1Oc1ccc(F)cc1Cl)C(=O)CCS. The molecule has 2 aromatic rings.